The zero-order valence-corrected chi connectivity index (χ0v) is 16.8. The third-order valence-electron chi connectivity index (χ3n) is 3.53. The minimum Gasteiger partial charge on any atom is -0.388 e. The highest BCUT2D eigenvalue weighted by Gasteiger charge is 2.51. The zero-order chi connectivity index (χ0) is 22.5. The standard InChI is InChI=1S/C18H19O11P/c1-11(19)26-18(27-12(2)20,29-30(23,24)25)28-17(22)10-16(21)15-8-7-13-5-3-4-6-14(13)9-15/h3-9,16,21H,10H2,1-2H3,(H2,23,24,25). The molecular formula is C18H19O11P. The molecule has 0 heterocycles. The number of aliphatic hydroxyl groups excluding tert-OH is 1. The Bertz CT molecular complexity index is 981. The van der Waals surface area contributed by atoms with E-state index in [9.17, 15) is 24.1 Å². The molecule has 2 aromatic carbocycles. The highest BCUT2D eigenvalue weighted by Crippen LogP contribution is 2.43. The molecule has 0 saturated heterocycles. The number of fused-ring (bicyclic) bond motifs is 1. The van der Waals surface area contributed by atoms with Gasteiger partial charge in [-0.2, -0.15) is 4.52 Å². The van der Waals surface area contributed by atoms with Crippen LogP contribution in [0.15, 0.2) is 42.5 Å². The van der Waals surface area contributed by atoms with Crippen molar-refractivity contribution < 1.29 is 52.6 Å². The summed E-state index contributed by atoms with van der Waals surface area (Å²) in [5, 5.41) is 12.0. The van der Waals surface area contributed by atoms with Gasteiger partial charge in [-0.05, 0) is 22.4 Å². The summed E-state index contributed by atoms with van der Waals surface area (Å²) in [4.78, 5) is 52.9. The Labute approximate surface area is 170 Å². The molecule has 0 radical (unpaired) electrons. The maximum atomic E-state index is 12.3. The Kier molecular flexibility index (Phi) is 7.30. The molecule has 2 rings (SSSR count). The van der Waals surface area contributed by atoms with Crippen LogP contribution in [0.5, 0.6) is 0 Å². The van der Waals surface area contributed by atoms with Crippen LogP contribution in [0.4, 0.5) is 0 Å². The molecule has 11 nitrogen and oxygen atoms in total. The second kappa shape index (κ2) is 9.33. The van der Waals surface area contributed by atoms with Gasteiger partial charge in [0.1, 0.15) is 0 Å². The van der Waals surface area contributed by atoms with Crippen LogP contribution in [-0.4, -0.2) is 39.0 Å². The van der Waals surface area contributed by atoms with Crippen LogP contribution in [0.3, 0.4) is 0 Å². The van der Waals surface area contributed by atoms with E-state index in [4.69, 9.17) is 9.79 Å². The lowest BCUT2D eigenvalue weighted by Gasteiger charge is -2.28. The van der Waals surface area contributed by atoms with Crippen molar-refractivity contribution in [3.63, 3.8) is 0 Å². The first kappa shape index (κ1) is 23.5. The Morgan fingerprint density at radius 3 is 2.07 bits per heavy atom. The molecule has 0 bridgehead atoms. The molecule has 1 atom stereocenters. The predicted octanol–water partition coefficient (Wildman–Crippen LogP) is 1.65. The van der Waals surface area contributed by atoms with Crippen molar-refractivity contribution >= 4 is 36.5 Å². The van der Waals surface area contributed by atoms with Gasteiger partial charge in [-0.1, -0.05) is 36.4 Å². The van der Waals surface area contributed by atoms with E-state index in [-0.39, 0.29) is 0 Å². The number of benzene rings is 2. The predicted molar refractivity (Wildman–Crippen MR) is 99.0 cm³/mol. The molecule has 0 amide bonds. The minimum atomic E-state index is -5.47. The first-order chi connectivity index (χ1) is 13.9. The molecule has 1 unspecified atom stereocenters. The maximum absolute atomic E-state index is 12.3. The summed E-state index contributed by atoms with van der Waals surface area (Å²) >= 11 is 0. The lowest BCUT2D eigenvalue weighted by atomic mass is 10.0. The van der Waals surface area contributed by atoms with Gasteiger partial charge in [0.25, 0.3) is 0 Å². The van der Waals surface area contributed by atoms with Crippen molar-refractivity contribution in [3.05, 3.63) is 48.0 Å². The monoisotopic (exact) mass is 442 g/mol. The summed E-state index contributed by atoms with van der Waals surface area (Å²) in [6, 6.07) is 12.2. The van der Waals surface area contributed by atoms with Crippen molar-refractivity contribution in [2.75, 3.05) is 0 Å². The number of aliphatic hydroxyl groups is 1. The fourth-order valence-electron chi connectivity index (χ4n) is 2.49. The second-order valence-electron chi connectivity index (χ2n) is 6.07. The van der Waals surface area contributed by atoms with Gasteiger partial charge in [-0.3, -0.25) is 14.4 Å². The van der Waals surface area contributed by atoms with Crippen molar-refractivity contribution in [1.29, 1.82) is 0 Å². The molecular weight excluding hydrogens is 423 g/mol. The molecule has 30 heavy (non-hydrogen) atoms. The van der Waals surface area contributed by atoms with Crippen LogP contribution in [-0.2, 0) is 37.7 Å². The van der Waals surface area contributed by atoms with E-state index in [0.29, 0.717) is 5.56 Å². The number of rotatable bonds is 8. The Morgan fingerprint density at radius 2 is 1.53 bits per heavy atom. The number of phosphoric acid groups is 1. The van der Waals surface area contributed by atoms with Crippen LogP contribution >= 0.6 is 7.82 Å². The molecule has 0 aliphatic rings. The van der Waals surface area contributed by atoms with Gasteiger partial charge in [0.05, 0.1) is 12.5 Å². The van der Waals surface area contributed by atoms with Gasteiger partial charge in [-0.25, -0.2) is 4.57 Å². The second-order valence-corrected chi connectivity index (χ2v) is 7.23. The summed E-state index contributed by atoms with van der Waals surface area (Å²) in [6.45, 7) is 1.58. The van der Waals surface area contributed by atoms with E-state index in [1.165, 1.54) is 0 Å². The molecule has 0 spiro atoms. The quantitative estimate of drug-likeness (QED) is 0.309. The molecule has 0 saturated carbocycles. The van der Waals surface area contributed by atoms with Crippen LogP contribution < -0.4 is 0 Å². The lowest BCUT2D eigenvalue weighted by molar-refractivity contribution is -0.421. The van der Waals surface area contributed by atoms with Crippen LogP contribution in [0.1, 0.15) is 31.9 Å². The van der Waals surface area contributed by atoms with Crippen molar-refractivity contribution in [3.8, 4) is 0 Å². The van der Waals surface area contributed by atoms with Crippen LogP contribution in [0.25, 0.3) is 10.8 Å². The molecule has 0 aliphatic heterocycles. The number of carbonyl (C=O) groups excluding carboxylic acids is 3. The van der Waals surface area contributed by atoms with E-state index in [1.807, 2.05) is 12.1 Å². The third-order valence-corrected chi connectivity index (χ3v) is 3.99. The molecule has 3 N–H and O–H groups in total. The van der Waals surface area contributed by atoms with Crippen molar-refractivity contribution in [2.45, 2.75) is 32.5 Å². The molecule has 12 heteroatoms. The van der Waals surface area contributed by atoms with E-state index in [2.05, 4.69) is 18.7 Å². The number of esters is 3. The van der Waals surface area contributed by atoms with Gasteiger partial charge in [0.2, 0.25) is 0 Å². The van der Waals surface area contributed by atoms with Gasteiger partial charge in [0, 0.05) is 13.8 Å². The maximum Gasteiger partial charge on any atom is 0.575 e. The topological polar surface area (TPSA) is 166 Å². The fraction of sp³-hybridized carbons (Fsp3) is 0.278. The Balaban J connectivity index is 2.22. The van der Waals surface area contributed by atoms with Crippen LogP contribution in [0, 0.1) is 0 Å². The van der Waals surface area contributed by atoms with Gasteiger partial charge in [-0.15, -0.1) is 0 Å². The summed E-state index contributed by atoms with van der Waals surface area (Å²) in [6.07, 6.45) is -5.60. The number of ether oxygens (including phenoxy) is 3. The molecule has 0 aliphatic carbocycles. The summed E-state index contributed by atoms with van der Waals surface area (Å²) in [5.74, 6) is -3.83. The Hall–Kier alpha value is -2.82. The molecule has 162 valence electrons. The van der Waals surface area contributed by atoms with Gasteiger partial charge >= 0.3 is 31.9 Å². The number of hydrogen-bond donors (Lipinski definition) is 3. The highest BCUT2D eigenvalue weighted by molar-refractivity contribution is 7.46. The van der Waals surface area contributed by atoms with E-state index < -0.39 is 44.4 Å². The van der Waals surface area contributed by atoms with E-state index in [1.54, 1.807) is 30.3 Å². The normalized spacial score (nSPS) is 12.8. The van der Waals surface area contributed by atoms with Crippen molar-refractivity contribution in [1.82, 2.24) is 0 Å². The first-order valence-corrected chi connectivity index (χ1v) is 9.96. The van der Waals surface area contributed by atoms with Crippen molar-refractivity contribution in [2.24, 2.45) is 0 Å². The molecule has 2 aromatic rings. The number of hydrogen-bond acceptors (Lipinski definition) is 9. The smallest absolute Gasteiger partial charge is 0.388 e. The zero-order valence-electron chi connectivity index (χ0n) is 15.9. The molecule has 0 aromatic heterocycles. The Morgan fingerprint density at radius 1 is 0.967 bits per heavy atom. The largest absolute Gasteiger partial charge is 0.575 e. The van der Waals surface area contributed by atoms with Gasteiger partial charge in [0.15, 0.2) is 0 Å². The van der Waals surface area contributed by atoms with E-state index in [0.717, 1.165) is 24.6 Å². The minimum absolute atomic E-state index is 0.340. The number of phosphoric ester groups is 1. The third kappa shape index (κ3) is 6.90. The fourth-order valence-corrected chi connectivity index (χ4v) is 2.89. The van der Waals surface area contributed by atoms with Crippen LogP contribution in [0.2, 0.25) is 0 Å². The summed E-state index contributed by atoms with van der Waals surface area (Å²) in [5.41, 5.74) is 0.340. The lowest BCUT2D eigenvalue weighted by Crippen LogP contribution is -2.45. The number of carbonyl (C=O) groups is 3. The first-order valence-electron chi connectivity index (χ1n) is 8.43. The SMILES string of the molecule is CC(=O)OC(OC(C)=O)(OC(=O)CC(O)c1ccc2ccccc2c1)OP(=O)(O)O. The summed E-state index contributed by atoms with van der Waals surface area (Å²) < 4.78 is 28.8. The summed E-state index contributed by atoms with van der Waals surface area (Å²) in [7, 11) is -5.47. The van der Waals surface area contributed by atoms with Gasteiger partial charge < -0.3 is 29.1 Å². The highest BCUT2D eigenvalue weighted by atomic mass is 31.2. The average Bonchev–Trinajstić information content (AvgIpc) is 2.57. The molecule has 0 fully saturated rings. The van der Waals surface area contributed by atoms with E-state index >= 15 is 0 Å². The average molecular weight is 442 g/mol.